The molecule has 20 heavy (non-hydrogen) atoms. The minimum Gasteiger partial charge on any atom is -0.493 e. The summed E-state index contributed by atoms with van der Waals surface area (Å²) in [4.78, 5) is 12.8. The predicted molar refractivity (Wildman–Crippen MR) is 81.4 cm³/mol. The van der Waals surface area contributed by atoms with Gasteiger partial charge in [-0.2, -0.15) is 0 Å². The number of ketones is 1. The van der Waals surface area contributed by atoms with Gasteiger partial charge in [-0.3, -0.25) is 4.79 Å². The maximum atomic E-state index is 12.8. The van der Waals surface area contributed by atoms with E-state index in [-0.39, 0.29) is 11.7 Å². The van der Waals surface area contributed by atoms with Gasteiger partial charge in [-0.05, 0) is 31.0 Å². The highest BCUT2D eigenvalue weighted by Gasteiger charge is 2.22. The normalized spacial score (nSPS) is 11.9. The van der Waals surface area contributed by atoms with Crippen LogP contribution in [0.15, 0.2) is 54.6 Å². The van der Waals surface area contributed by atoms with Gasteiger partial charge in [0, 0.05) is 5.92 Å². The van der Waals surface area contributed by atoms with E-state index in [1.165, 1.54) is 0 Å². The third-order valence-electron chi connectivity index (χ3n) is 3.38. The lowest BCUT2D eigenvalue weighted by Crippen LogP contribution is -2.13. The topological polar surface area (TPSA) is 26.3 Å². The van der Waals surface area contributed by atoms with Crippen LogP contribution in [-0.2, 0) is 0 Å². The van der Waals surface area contributed by atoms with Gasteiger partial charge in [-0.1, -0.05) is 49.4 Å². The molecule has 2 rings (SSSR count). The summed E-state index contributed by atoms with van der Waals surface area (Å²) in [5, 5.41) is 0. The van der Waals surface area contributed by atoms with E-state index in [4.69, 9.17) is 4.74 Å². The molecule has 0 aliphatic heterocycles. The van der Waals surface area contributed by atoms with Gasteiger partial charge in [0.25, 0.3) is 0 Å². The van der Waals surface area contributed by atoms with Crippen molar-refractivity contribution >= 4 is 5.78 Å². The monoisotopic (exact) mass is 268 g/mol. The number of para-hydroxylation sites is 1. The summed E-state index contributed by atoms with van der Waals surface area (Å²) >= 11 is 0. The van der Waals surface area contributed by atoms with Crippen LogP contribution < -0.4 is 4.74 Å². The number of rotatable bonds is 6. The number of Topliss-reactive ketones (excluding diaryl/α,β-unsaturated/α-hetero) is 1. The van der Waals surface area contributed by atoms with Gasteiger partial charge < -0.3 is 4.74 Å². The minimum absolute atomic E-state index is 0.113. The van der Waals surface area contributed by atoms with E-state index in [0.29, 0.717) is 17.9 Å². The smallest absolute Gasteiger partial charge is 0.174 e. The maximum Gasteiger partial charge on any atom is 0.174 e. The van der Waals surface area contributed by atoms with E-state index in [1.54, 1.807) is 0 Å². The summed E-state index contributed by atoms with van der Waals surface area (Å²) in [6, 6.07) is 17.4. The molecule has 104 valence electrons. The van der Waals surface area contributed by atoms with E-state index < -0.39 is 0 Å². The fourth-order valence-electron chi connectivity index (χ4n) is 2.40. The van der Waals surface area contributed by atoms with Crippen LogP contribution in [-0.4, -0.2) is 12.4 Å². The van der Waals surface area contributed by atoms with Gasteiger partial charge in [0.15, 0.2) is 5.78 Å². The van der Waals surface area contributed by atoms with Crippen LogP contribution in [0.2, 0.25) is 0 Å². The first kappa shape index (κ1) is 14.3. The molecule has 2 aromatic rings. The lowest BCUT2D eigenvalue weighted by atomic mass is 9.88. The van der Waals surface area contributed by atoms with Crippen molar-refractivity contribution in [2.45, 2.75) is 26.2 Å². The zero-order chi connectivity index (χ0) is 14.4. The molecular formula is C18H20O2. The van der Waals surface area contributed by atoms with Crippen molar-refractivity contribution in [2.75, 3.05) is 6.61 Å². The predicted octanol–water partition coefficient (Wildman–Crippen LogP) is 4.46. The molecule has 2 heteroatoms. The molecule has 0 spiro atoms. The van der Waals surface area contributed by atoms with Crippen molar-refractivity contribution in [2.24, 2.45) is 0 Å². The number of hydrogen-bond acceptors (Lipinski definition) is 2. The minimum atomic E-state index is -0.113. The summed E-state index contributed by atoms with van der Waals surface area (Å²) in [5.74, 6) is 0.690. The molecule has 2 aromatic carbocycles. The molecule has 0 aromatic heterocycles. The first-order valence-corrected chi connectivity index (χ1v) is 7.08. The van der Waals surface area contributed by atoms with Gasteiger partial charge in [0.1, 0.15) is 5.75 Å². The molecule has 0 radical (unpaired) electrons. The average molecular weight is 268 g/mol. The summed E-state index contributed by atoms with van der Waals surface area (Å²) in [5.41, 5.74) is 1.73. The molecule has 0 fully saturated rings. The van der Waals surface area contributed by atoms with Crippen LogP contribution in [0.4, 0.5) is 0 Å². The lowest BCUT2D eigenvalue weighted by molar-refractivity contribution is 0.0953. The van der Waals surface area contributed by atoms with Crippen molar-refractivity contribution in [3.8, 4) is 5.75 Å². The van der Waals surface area contributed by atoms with Gasteiger partial charge in [-0.15, -0.1) is 0 Å². The molecule has 0 amide bonds. The Bertz CT molecular complexity index is 561. The van der Waals surface area contributed by atoms with E-state index in [9.17, 15) is 4.79 Å². The maximum absolute atomic E-state index is 12.8. The van der Waals surface area contributed by atoms with Crippen molar-refractivity contribution in [1.29, 1.82) is 0 Å². The fraction of sp³-hybridized carbons (Fsp3) is 0.278. The van der Waals surface area contributed by atoms with E-state index in [2.05, 4.69) is 0 Å². The Labute approximate surface area is 120 Å². The number of carbonyl (C=O) groups is 1. The van der Waals surface area contributed by atoms with Gasteiger partial charge >= 0.3 is 0 Å². The number of benzene rings is 2. The van der Waals surface area contributed by atoms with Gasteiger partial charge in [-0.25, -0.2) is 0 Å². The molecule has 1 unspecified atom stereocenters. The molecule has 0 aliphatic carbocycles. The second-order valence-electron chi connectivity index (χ2n) is 4.66. The largest absolute Gasteiger partial charge is 0.493 e. The summed E-state index contributed by atoms with van der Waals surface area (Å²) in [6.07, 6.45) is 0.781. The van der Waals surface area contributed by atoms with E-state index in [0.717, 1.165) is 12.0 Å². The third-order valence-corrected chi connectivity index (χ3v) is 3.38. The highest BCUT2D eigenvalue weighted by molar-refractivity contribution is 6.03. The van der Waals surface area contributed by atoms with Crippen molar-refractivity contribution in [1.82, 2.24) is 0 Å². The molecular weight excluding hydrogens is 248 g/mol. The summed E-state index contributed by atoms with van der Waals surface area (Å²) < 4.78 is 5.57. The van der Waals surface area contributed by atoms with Crippen molar-refractivity contribution in [3.05, 3.63) is 65.7 Å². The SMILES string of the molecule is CCOc1ccccc1C(=O)C(CC)c1ccccc1. The fourth-order valence-corrected chi connectivity index (χ4v) is 2.40. The average Bonchev–Trinajstić information content (AvgIpc) is 2.50. The van der Waals surface area contributed by atoms with E-state index in [1.807, 2.05) is 68.4 Å². The Balaban J connectivity index is 2.34. The molecule has 0 saturated heterocycles. The highest BCUT2D eigenvalue weighted by Crippen LogP contribution is 2.28. The second kappa shape index (κ2) is 6.90. The van der Waals surface area contributed by atoms with Gasteiger partial charge in [0.2, 0.25) is 0 Å². The van der Waals surface area contributed by atoms with Crippen molar-refractivity contribution < 1.29 is 9.53 Å². The van der Waals surface area contributed by atoms with E-state index >= 15 is 0 Å². The van der Waals surface area contributed by atoms with Crippen LogP contribution >= 0.6 is 0 Å². The number of ether oxygens (including phenoxy) is 1. The molecule has 0 bridgehead atoms. The molecule has 0 saturated carbocycles. The zero-order valence-corrected chi connectivity index (χ0v) is 12.0. The van der Waals surface area contributed by atoms with Crippen LogP contribution in [0.3, 0.4) is 0 Å². The van der Waals surface area contributed by atoms with Gasteiger partial charge in [0.05, 0.1) is 12.2 Å². The Morgan fingerprint density at radius 3 is 2.30 bits per heavy atom. The molecule has 0 aliphatic rings. The molecule has 2 nitrogen and oxygen atoms in total. The standard InChI is InChI=1S/C18H20O2/c1-3-15(14-10-6-5-7-11-14)18(19)16-12-8-9-13-17(16)20-4-2/h5-13,15H,3-4H2,1-2H3. The van der Waals surface area contributed by atoms with Crippen molar-refractivity contribution in [3.63, 3.8) is 0 Å². The van der Waals surface area contributed by atoms with Crippen LogP contribution in [0.1, 0.15) is 42.1 Å². The first-order chi connectivity index (χ1) is 9.77. The zero-order valence-electron chi connectivity index (χ0n) is 12.0. The Morgan fingerprint density at radius 1 is 1.00 bits per heavy atom. The second-order valence-corrected chi connectivity index (χ2v) is 4.66. The van der Waals surface area contributed by atoms with Crippen LogP contribution in [0.5, 0.6) is 5.75 Å². The molecule has 0 heterocycles. The summed E-state index contributed by atoms with van der Waals surface area (Å²) in [6.45, 7) is 4.53. The quantitative estimate of drug-likeness (QED) is 0.723. The van der Waals surface area contributed by atoms with Crippen LogP contribution in [0.25, 0.3) is 0 Å². The number of carbonyl (C=O) groups excluding carboxylic acids is 1. The third kappa shape index (κ3) is 3.08. The van der Waals surface area contributed by atoms with Crippen LogP contribution in [0, 0.1) is 0 Å². The highest BCUT2D eigenvalue weighted by atomic mass is 16.5. The Morgan fingerprint density at radius 2 is 1.65 bits per heavy atom. The number of hydrogen-bond donors (Lipinski definition) is 0. The Kier molecular flexibility index (Phi) is 4.94. The molecule has 0 N–H and O–H groups in total. The first-order valence-electron chi connectivity index (χ1n) is 7.08. The summed E-state index contributed by atoms with van der Waals surface area (Å²) in [7, 11) is 0. The Hall–Kier alpha value is -2.09. The lowest BCUT2D eigenvalue weighted by Gasteiger charge is -2.16. The molecule has 1 atom stereocenters.